The Morgan fingerprint density at radius 3 is 2.90 bits per heavy atom. The molecule has 5 rings (SSSR count). The van der Waals surface area contributed by atoms with Gasteiger partial charge in [0.05, 0.1) is 10.3 Å². The normalized spacial score (nSPS) is 13.7. The molecule has 9 nitrogen and oxygen atoms in total. The Morgan fingerprint density at radius 2 is 2.10 bits per heavy atom. The van der Waals surface area contributed by atoms with Gasteiger partial charge in [-0.2, -0.15) is 0 Å². The number of thiophene rings is 1. The van der Waals surface area contributed by atoms with Crippen LogP contribution in [0.2, 0.25) is 0 Å². The molecule has 1 aliphatic rings. The lowest BCUT2D eigenvalue weighted by molar-refractivity contribution is 0.103. The van der Waals surface area contributed by atoms with E-state index in [9.17, 15) is 9.59 Å². The summed E-state index contributed by atoms with van der Waals surface area (Å²) in [5.41, 5.74) is 2.07. The fraction of sp³-hybridized carbons (Fsp3) is 0.333. The molecule has 0 fully saturated rings. The van der Waals surface area contributed by atoms with Gasteiger partial charge in [-0.05, 0) is 47.9 Å². The molecule has 0 spiro atoms. The second kappa shape index (κ2) is 7.69. The molecule has 31 heavy (non-hydrogen) atoms. The number of carbonyl (C=O) groups is 1. The molecule has 1 aromatic carbocycles. The van der Waals surface area contributed by atoms with Crippen LogP contribution >= 0.6 is 11.3 Å². The van der Waals surface area contributed by atoms with Gasteiger partial charge in [0.2, 0.25) is 0 Å². The van der Waals surface area contributed by atoms with Crippen molar-refractivity contribution in [1.82, 2.24) is 29.8 Å². The third-order valence-corrected chi connectivity index (χ3v) is 6.80. The van der Waals surface area contributed by atoms with Crippen LogP contribution in [0.4, 0.5) is 5.69 Å². The molecule has 0 saturated carbocycles. The summed E-state index contributed by atoms with van der Waals surface area (Å²) in [7, 11) is 1.76. The number of aryl methyl sites for hydroxylation is 3. The molecule has 3 aromatic heterocycles. The zero-order valence-corrected chi connectivity index (χ0v) is 18.1. The molecule has 10 heteroatoms. The summed E-state index contributed by atoms with van der Waals surface area (Å²) in [5.74, 6) is 1.18. The van der Waals surface area contributed by atoms with Gasteiger partial charge in [0, 0.05) is 31.3 Å². The van der Waals surface area contributed by atoms with Crippen LogP contribution in [0.5, 0.6) is 0 Å². The van der Waals surface area contributed by atoms with Crippen molar-refractivity contribution in [3.05, 3.63) is 50.9 Å². The number of hydrogen-bond donors (Lipinski definition) is 1. The number of amides is 1. The molecular formula is C21H21N7O2S. The quantitative estimate of drug-likeness (QED) is 0.530. The fourth-order valence-corrected chi connectivity index (χ4v) is 5.11. The van der Waals surface area contributed by atoms with Crippen molar-refractivity contribution < 1.29 is 4.79 Å². The maximum atomic E-state index is 13.1. The molecule has 0 saturated heterocycles. The van der Waals surface area contributed by atoms with Gasteiger partial charge in [0.1, 0.15) is 10.7 Å². The van der Waals surface area contributed by atoms with Crippen LogP contribution in [0, 0.1) is 6.92 Å². The SMILES string of the molecule is Cc1c(C(=O)Nc2cccc(-c3nnnn3C)c2)sc2nc3n(c(=O)c12)CCCCC3. The lowest BCUT2D eigenvalue weighted by Gasteiger charge is -2.08. The zero-order valence-electron chi connectivity index (χ0n) is 17.3. The predicted molar refractivity (Wildman–Crippen MR) is 118 cm³/mol. The molecule has 4 heterocycles. The highest BCUT2D eigenvalue weighted by Crippen LogP contribution is 2.29. The Hall–Kier alpha value is -3.40. The number of carbonyl (C=O) groups excluding carboxylic acids is 1. The summed E-state index contributed by atoms with van der Waals surface area (Å²) in [6, 6.07) is 7.34. The standard InChI is InChI=1S/C21H21N7O2S/c1-12-16-20(23-15-9-4-3-5-10-28(15)21(16)30)31-17(12)19(29)22-14-8-6-7-13(11-14)18-24-25-26-27(18)2/h6-8,11H,3-5,9-10H2,1-2H3,(H,22,29). The van der Waals surface area contributed by atoms with Crippen LogP contribution in [-0.4, -0.2) is 35.7 Å². The number of nitrogens with zero attached hydrogens (tertiary/aromatic N) is 6. The van der Waals surface area contributed by atoms with Gasteiger partial charge in [-0.1, -0.05) is 18.6 Å². The Kier molecular flexibility index (Phi) is 4.85. The summed E-state index contributed by atoms with van der Waals surface area (Å²) in [6.07, 6.45) is 3.92. The van der Waals surface area contributed by atoms with E-state index in [1.165, 1.54) is 11.3 Å². The van der Waals surface area contributed by atoms with Crippen molar-refractivity contribution in [2.24, 2.45) is 7.05 Å². The minimum Gasteiger partial charge on any atom is -0.321 e. The first-order valence-corrected chi connectivity index (χ1v) is 11.0. The van der Waals surface area contributed by atoms with E-state index in [0.717, 1.165) is 37.1 Å². The molecule has 0 atom stereocenters. The van der Waals surface area contributed by atoms with Crippen molar-refractivity contribution in [2.75, 3.05) is 5.32 Å². The van der Waals surface area contributed by atoms with E-state index in [-0.39, 0.29) is 11.5 Å². The molecule has 0 radical (unpaired) electrons. The minimum atomic E-state index is -0.256. The van der Waals surface area contributed by atoms with Crippen molar-refractivity contribution in [3.8, 4) is 11.4 Å². The number of nitrogens with one attached hydrogen (secondary N) is 1. The zero-order chi connectivity index (χ0) is 21.5. The molecule has 158 valence electrons. The topological polar surface area (TPSA) is 108 Å². The van der Waals surface area contributed by atoms with Gasteiger partial charge in [-0.15, -0.1) is 16.4 Å². The van der Waals surface area contributed by atoms with Crippen LogP contribution in [0.25, 0.3) is 21.6 Å². The smallest absolute Gasteiger partial charge is 0.266 e. The van der Waals surface area contributed by atoms with Gasteiger partial charge in [0.15, 0.2) is 5.82 Å². The van der Waals surface area contributed by atoms with Gasteiger partial charge >= 0.3 is 0 Å². The van der Waals surface area contributed by atoms with E-state index in [0.29, 0.717) is 38.7 Å². The van der Waals surface area contributed by atoms with Crippen LogP contribution in [0.1, 0.15) is 40.3 Å². The predicted octanol–water partition coefficient (Wildman–Crippen LogP) is 2.94. The average molecular weight is 436 g/mol. The third-order valence-electron chi connectivity index (χ3n) is 5.62. The van der Waals surface area contributed by atoms with Crippen LogP contribution in [-0.2, 0) is 20.0 Å². The van der Waals surface area contributed by atoms with Crippen LogP contribution in [0.15, 0.2) is 29.1 Å². The first kappa shape index (κ1) is 19.6. The summed E-state index contributed by atoms with van der Waals surface area (Å²) in [6.45, 7) is 2.51. The second-order valence-electron chi connectivity index (χ2n) is 7.69. The van der Waals surface area contributed by atoms with Crippen molar-refractivity contribution in [1.29, 1.82) is 0 Å². The Morgan fingerprint density at radius 1 is 1.23 bits per heavy atom. The number of hydrogen-bond acceptors (Lipinski definition) is 7. The van der Waals surface area contributed by atoms with E-state index in [2.05, 4.69) is 20.8 Å². The fourth-order valence-electron chi connectivity index (χ4n) is 4.02. The highest BCUT2D eigenvalue weighted by atomic mass is 32.1. The van der Waals surface area contributed by atoms with Crippen molar-refractivity contribution >= 4 is 33.1 Å². The molecule has 1 N–H and O–H groups in total. The Balaban J connectivity index is 1.50. The number of anilines is 1. The molecule has 1 aliphatic heterocycles. The van der Waals surface area contributed by atoms with Gasteiger partial charge in [-0.25, -0.2) is 9.67 Å². The average Bonchev–Trinajstić information content (AvgIpc) is 3.23. The van der Waals surface area contributed by atoms with Gasteiger partial charge in [-0.3, -0.25) is 14.2 Å². The summed E-state index contributed by atoms with van der Waals surface area (Å²) < 4.78 is 3.36. The number of benzene rings is 1. The maximum absolute atomic E-state index is 13.1. The monoisotopic (exact) mass is 435 g/mol. The molecule has 0 bridgehead atoms. The van der Waals surface area contributed by atoms with Crippen molar-refractivity contribution in [3.63, 3.8) is 0 Å². The number of tetrazole rings is 1. The van der Waals surface area contributed by atoms with E-state index in [1.54, 1.807) is 16.3 Å². The summed E-state index contributed by atoms with van der Waals surface area (Å²) in [5, 5.41) is 15.0. The highest BCUT2D eigenvalue weighted by molar-refractivity contribution is 7.20. The third kappa shape index (κ3) is 3.42. The molecule has 4 aromatic rings. The first-order chi connectivity index (χ1) is 15.0. The van der Waals surface area contributed by atoms with Crippen LogP contribution in [0.3, 0.4) is 0 Å². The summed E-state index contributed by atoms with van der Waals surface area (Å²) >= 11 is 1.28. The Bertz CT molecular complexity index is 1370. The summed E-state index contributed by atoms with van der Waals surface area (Å²) in [4.78, 5) is 32.1. The molecule has 0 aliphatic carbocycles. The van der Waals surface area contributed by atoms with Crippen molar-refractivity contribution in [2.45, 2.75) is 39.2 Å². The minimum absolute atomic E-state index is 0.0357. The number of fused-ring (bicyclic) bond motifs is 2. The molecule has 0 unspecified atom stereocenters. The lowest BCUT2D eigenvalue weighted by atomic mass is 10.1. The highest BCUT2D eigenvalue weighted by Gasteiger charge is 2.22. The number of rotatable bonds is 3. The van der Waals surface area contributed by atoms with Crippen LogP contribution < -0.4 is 10.9 Å². The largest absolute Gasteiger partial charge is 0.321 e. The van der Waals surface area contributed by atoms with Gasteiger partial charge in [0.25, 0.3) is 11.5 Å². The van der Waals surface area contributed by atoms with E-state index >= 15 is 0 Å². The number of aromatic nitrogens is 6. The first-order valence-electron chi connectivity index (χ1n) is 10.2. The van der Waals surface area contributed by atoms with E-state index in [4.69, 9.17) is 4.98 Å². The van der Waals surface area contributed by atoms with E-state index < -0.39 is 0 Å². The molecular weight excluding hydrogens is 414 g/mol. The van der Waals surface area contributed by atoms with E-state index in [1.807, 2.05) is 31.2 Å². The second-order valence-corrected chi connectivity index (χ2v) is 8.69. The van der Waals surface area contributed by atoms with Gasteiger partial charge < -0.3 is 5.32 Å². The lowest BCUT2D eigenvalue weighted by Crippen LogP contribution is -2.24. The Labute approximate surface area is 181 Å². The molecule has 1 amide bonds. The maximum Gasteiger partial charge on any atom is 0.266 e.